The van der Waals surface area contributed by atoms with Crippen LogP contribution in [-0.2, 0) is 9.59 Å². The summed E-state index contributed by atoms with van der Waals surface area (Å²) in [6.45, 7) is 4.22. The third-order valence-corrected chi connectivity index (χ3v) is 3.47. The van der Waals surface area contributed by atoms with Crippen molar-refractivity contribution in [2.24, 2.45) is 0 Å². The maximum Gasteiger partial charge on any atom is 0.244 e. The number of rotatable bonds is 6. The highest BCUT2D eigenvalue weighted by Crippen LogP contribution is 2.20. The van der Waals surface area contributed by atoms with Crippen LogP contribution in [0.4, 0.5) is 5.69 Å². The van der Waals surface area contributed by atoms with Crippen LogP contribution in [-0.4, -0.2) is 34.8 Å². The summed E-state index contributed by atoms with van der Waals surface area (Å²) in [4.78, 5) is 29.7. The Labute approximate surface area is 130 Å². The van der Waals surface area contributed by atoms with Crippen LogP contribution in [0.1, 0.15) is 26.7 Å². The summed E-state index contributed by atoms with van der Waals surface area (Å²) >= 11 is 0. The van der Waals surface area contributed by atoms with Gasteiger partial charge in [-0.05, 0) is 18.6 Å². The van der Waals surface area contributed by atoms with E-state index in [1.807, 2.05) is 30.3 Å². The molecule has 0 fully saturated rings. The molecule has 0 radical (unpaired) electrons. The highest BCUT2D eigenvalue weighted by atomic mass is 16.2. The number of hydrogen-bond donors (Lipinski definition) is 1. The molecule has 5 heteroatoms. The highest BCUT2D eigenvalue weighted by Gasteiger charge is 2.14. The molecule has 0 spiro atoms. The smallest absolute Gasteiger partial charge is 0.244 e. The first-order chi connectivity index (χ1) is 10.6. The zero-order chi connectivity index (χ0) is 15.9. The molecular formula is C17H21N3O2. The number of hydrogen-bond acceptors (Lipinski definition) is 3. The number of para-hydroxylation sites is 1. The number of benzene rings is 1. The molecule has 22 heavy (non-hydrogen) atoms. The normalized spacial score (nSPS) is 10.5. The van der Waals surface area contributed by atoms with E-state index in [9.17, 15) is 9.59 Å². The lowest BCUT2D eigenvalue weighted by Crippen LogP contribution is -2.37. The summed E-state index contributed by atoms with van der Waals surface area (Å²) in [6, 6.07) is 9.44. The number of anilines is 1. The zero-order valence-electron chi connectivity index (χ0n) is 13.0. The van der Waals surface area contributed by atoms with Gasteiger partial charge in [0.25, 0.3) is 0 Å². The van der Waals surface area contributed by atoms with Gasteiger partial charge in [-0.1, -0.05) is 31.5 Å². The first-order valence-corrected chi connectivity index (χ1v) is 7.51. The topological polar surface area (TPSA) is 62.3 Å². The number of unbranched alkanes of at least 4 members (excludes halogenated alkanes) is 1. The predicted molar refractivity (Wildman–Crippen MR) is 87.5 cm³/mol. The van der Waals surface area contributed by atoms with E-state index >= 15 is 0 Å². The van der Waals surface area contributed by atoms with Gasteiger partial charge in [0, 0.05) is 25.1 Å². The second kappa shape index (κ2) is 7.54. The first-order valence-electron chi connectivity index (χ1n) is 7.51. The molecule has 5 nitrogen and oxygen atoms in total. The van der Waals surface area contributed by atoms with Gasteiger partial charge in [-0.25, -0.2) is 0 Å². The van der Waals surface area contributed by atoms with Crippen LogP contribution in [0.5, 0.6) is 0 Å². The van der Waals surface area contributed by atoms with Gasteiger partial charge in [0.2, 0.25) is 11.8 Å². The molecule has 0 bridgehead atoms. The summed E-state index contributed by atoms with van der Waals surface area (Å²) < 4.78 is 0. The minimum Gasteiger partial charge on any atom is -0.334 e. The molecule has 2 aromatic rings. The van der Waals surface area contributed by atoms with Crippen molar-refractivity contribution in [1.82, 2.24) is 9.88 Å². The van der Waals surface area contributed by atoms with E-state index in [-0.39, 0.29) is 18.4 Å². The zero-order valence-corrected chi connectivity index (χ0v) is 13.0. The highest BCUT2D eigenvalue weighted by molar-refractivity contribution is 6.01. The molecular weight excluding hydrogens is 278 g/mol. The van der Waals surface area contributed by atoms with E-state index in [4.69, 9.17) is 0 Å². The standard InChI is InChI=1S/C17H21N3O2/c1-3-4-11-20(13(2)21)12-16(22)19-15-9-5-7-14-8-6-10-18-17(14)15/h5-10H,3-4,11-12H2,1-2H3,(H,19,22). The van der Waals surface area contributed by atoms with Crippen LogP contribution in [0.3, 0.4) is 0 Å². The largest absolute Gasteiger partial charge is 0.334 e. The summed E-state index contributed by atoms with van der Waals surface area (Å²) in [5.41, 5.74) is 1.42. The number of nitrogens with one attached hydrogen (secondary N) is 1. The fourth-order valence-corrected chi connectivity index (χ4v) is 2.26. The van der Waals surface area contributed by atoms with Crippen molar-refractivity contribution in [2.45, 2.75) is 26.7 Å². The molecule has 2 rings (SSSR count). The minimum absolute atomic E-state index is 0.0680. The Morgan fingerprint density at radius 1 is 1.23 bits per heavy atom. The molecule has 1 aromatic heterocycles. The van der Waals surface area contributed by atoms with Crippen molar-refractivity contribution < 1.29 is 9.59 Å². The average Bonchev–Trinajstić information content (AvgIpc) is 2.51. The van der Waals surface area contributed by atoms with E-state index in [0.29, 0.717) is 12.2 Å². The quantitative estimate of drug-likeness (QED) is 0.892. The number of carbonyl (C=O) groups is 2. The number of aromatic nitrogens is 1. The summed E-state index contributed by atoms with van der Waals surface area (Å²) in [5.74, 6) is -0.288. The Balaban J connectivity index is 2.08. The van der Waals surface area contributed by atoms with Crippen molar-refractivity contribution in [3.8, 4) is 0 Å². The number of amides is 2. The number of carbonyl (C=O) groups excluding carboxylic acids is 2. The predicted octanol–water partition coefficient (Wildman–Crippen LogP) is 2.82. The maximum atomic E-state index is 12.2. The molecule has 0 aliphatic carbocycles. The third-order valence-electron chi connectivity index (χ3n) is 3.47. The fourth-order valence-electron chi connectivity index (χ4n) is 2.26. The summed E-state index contributed by atoms with van der Waals surface area (Å²) in [7, 11) is 0. The van der Waals surface area contributed by atoms with Gasteiger partial charge in [0.05, 0.1) is 17.7 Å². The van der Waals surface area contributed by atoms with Gasteiger partial charge in [-0.2, -0.15) is 0 Å². The van der Waals surface area contributed by atoms with Gasteiger partial charge in [-0.15, -0.1) is 0 Å². The van der Waals surface area contributed by atoms with Gasteiger partial charge >= 0.3 is 0 Å². The van der Waals surface area contributed by atoms with Crippen molar-refractivity contribution in [3.63, 3.8) is 0 Å². The molecule has 2 amide bonds. The van der Waals surface area contributed by atoms with Gasteiger partial charge in [0.15, 0.2) is 0 Å². The molecule has 0 unspecified atom stereocenters. The third kappa shape index (κ3) is 4.04. The van der Waals surface area contributed by atoms with Crippen LogP contribution >= 0.6 is 0 Å². The van der Waals surface area contributed by atoms with Crippen molar-refractivity contribution in [1.29, 1.82) is 0 Å². The molecule has 116 valence electrons. The SMILES string of the molecule is CCCCN(CC(=O)Nc1cccc2cccnc12)C(C)=O. The molecule has 0 aliphatic heterocycles. The molecule has 0 atom stereocenters. The number of fused-ring (bicyclic) bond motifs is 1. The lowest BCUT2D eigenvalue weighted by molar-refractivity contribution is -0.132. The van der Waals surface area contributed by atoms with Crippen molar-refractivity contribution in [2.75, 3.05) is 18.4 Å². The van der Waals surface area contributed by atoms with Crippen LogP contribution in [0.2, 0.25) is 0 Å². The maximum absolute atomic E-state index is 12.2. The molecule has 1 heterocycles. The molecule has 0 saturated carbocycles. The number of pyridine rings is 1. The Hall–Kier alpha value is -2.43. The summed E-state index contributed by atoms with van der Waals surface area (Å²) in [6.07, 6.45) is 3.57. The van der Waals surface area contributed by atoms with Crippen molar-refractivity contribution >= 4 is 28.4 Å². The molecule has 0 aliphatic rings. The first kappa shape index (κ1) is 15.9. The number of nitrogens with zero attached hydrogens (tertiary/aromatic N) is 2. The second-order valence-corrected chi connectivity index (χ2v) is 5.22. The lowest BCUT2D eigenvalue weighted by atomic mass is 10.2. The minimum atomic E-state index is -0.204. The Kier molecular flexibility index (Phi) is 5.47. The second-order valence-electron chi connectivity index (χ2n) is 5.22. The summed E-state index contributed by atoms with van der Waals surface area (Å²) in [5, 5.41) is 3.82. The van der Waals surface area contributed by atoms with E-state index in [1.165, 1.54) is 6.92 Å². The van der Waals surface area contributed by atoms with E-state index in [1.54, 1.807) is 11.1 Å². The van der Waals surface area contributed by atoms with Gasteiger partial charge < -0.3 is 10.2 Å². The van der Waals surface area contributed by atoms with E-state index < -0.39 is 0 Å². The lowest BCUT2D eigenvalue weighted by Gasteiger charge is -2.20. The van der Waals surface area contributed by atoms with Crippen LogP contribution in [0, 0.1) is 0 Å². The Bertz CT molecular complexity index is 665. The van der Waals surface area contributed by atoms with Gasteiger partial charge in [-0.3, -0.25) is 14.6 Å². The van der Waals surface area contributed by atoms with Crippen molar-refractivity contribution in [3.05, 3.63) is 36.5 Å². The molecule has 0 saturated heterocycles. The molecule has 1 N–H and O–H groups in total. The van der Waals surface area contributed by atoms with Crippen LogP contribution in [0.15, 0.2) is 36.5 Å². The van der Waals surface area contributed by atoms with E-state index in [0.717, 1.165) is 23.7 Å². The van der Waals surface area contributed by atoms with Crippen LogP contribution in [0.25, 0.3) is 10.9 Å². The average molecular weight is 299 g/mol. The van der Waals surface area contributed by atoms with E-state index in [2.05, 4.69) is 17.2 Å². The monoisotopic (exact) mass is 299 g/mol. The Morgan fingerprint density at radius 3 is 2.73 bits per heavy atom. The van der Waals surface area contributed by atoms with Crippen LogP contribution < -0.4 is 5.32 Å². The van der Waals surface area contributed by atoms with Gasteiger partial charge in [0.1, 0.15) is 0 Å². The molecule has 1 aromatic carbocycles. The Morgan fingerprint density at radius 2 is 2.00 bits per heavy atom. The fraction of sp³-hybridized carbons (Fsp3) is 0.353.